The van der Waals surface area contributed by atoms with Crippen LogP contribution in [0.5, 0.6) is 0 Å². The summed E-state index contributed by atoms with van der Waals surface area (Å²) in [7, 11) is -4.32. The lowest BCUT2D eigenvalue weighted by molar-refractivity contribution is 0.504. The highest BCUT2D eigenvalue weighted by molar-refractivity contribution is 7.91. The molecule has 0 radical (unpaired) electrons. The SMILES string of the molecule is O=S(=O)(c1ccc(F)c(F)c1)c1c(Cl)nc2ccccc2c1-c1ccc(Cl)cc1. The van der Waals surface area contributed by atoms with E-state index < -0.39 is 26.4 Å². The largest absolute Gasteiger partial charge is 0.235 e. The van der Waals surface area contributed by atoms with Gasteiger partial charge in [-0.05, 0) is 42.0 Å². The first-order valence-corrected chi connectivity index (χ1v) is 10.6. The van der Waals surface area contributed by atoms with Gasteiger partial charge in [-0.1, -0.05) is 53.5 Å². The van der Waals surface area contributed by atoms with Crippen molar-refractivity contribution in [1.82, 2.24) is 4.98 Å². The first-order chi connectivity index (χ1) is 13.8. The Morgan fingerprint density at radius 1 is 0.828 bits per heavy atom. The van der Waals surface area contributed by atoms with E-state index >= 15 is 0 Å². The Kier molecular flexibility index (Phi) is 5.02. The summed E-state index contributed by atoms with van der Waals surface area (Å²) in [6.45, 7) is 0. The Labute approximate surface area is 175 Å². The first-order valence-electron chi connectivity index (χ1n) is 8.33. The molecule has 1 heterocycles. The van der Waals surface area contributed by atoms with Gasteiger partial charge in [-0.25, -0.2) is 22.2 Å². The monoisotopic (exact) mass is 449 g/mol. The summed E-state index contributed by atoms with van der Waals surface area (Å²) in [4.78, 5) is 3.49. The minimum atomic E-state index is -4.32. The van der Waals surface area contributed by atoms with Gasteiger partial charge >= 0.3 is 0 Å². The summed E-state index contributed by atoms with van der Waals surface area (Å²) < 4.78 is 53.8. The molecule has 0 amide bonds. The lowest BCUT2D eigenvalue weighted by Gasteiger charge is -2.15. The van der Waals surface area contributed by atoms with E-state index in [-0.39, 0.29) is 10.0 Å². The third-order valence-electron chi connectivity index (χ3n) is 4.41. The molecule has 0 aliphatic heterocycles. The molecule has 0 atom stereocenters. The van der Waals surface area contributed by atoms with Crippen molar-refractivity contribution >= 4 is 43.9 Å². The Bertz CT molecular complexity index is 1360. The predicted molar refractivity (Wildman–Crippen MR) is 109 cm³/mol. The molecule has 0 aliphatic rings. The summed E-state index contributed by atoms with van der Waals surface area (Å²) in [5.41, 5.74) is 1.34. The second-order valence-corrected chi connectivity index (χ2v) is 8.89. The quantitative estimate of drug-likeness (QED) is 0.271. The molecule has 3 aromatic carbocycles. The molecule has 4 rings (SSSR count). The number of hydrogen-bond acceptors (Lipinski definition) is 3. The van der Waals surface area contributed by atoms with Crippen molar-refractivity contribution < 1.29 is 17.2 Å². The molecule has 0 fully saturated rings. The smallest absolute Gasteiger partial charge is 0.210 e. The topological polar surface area (TPSA) is 47.0 Å². The molecule has 0 saturated carbocycles. The molecule has 0 spiro atoms. The normalized spacial score (nSPS) is 11.7. The van der Waals surface area contributed by atoms with E-state index in [1.165, 1.54) is 0 Å². The van der Waals surface area contributed by atoms with Gasteiger partial charge in [0.1, 0.15) is 10.0 Å². The first kappa shape index (κ1) is 19.8. The average Bonchev–Trinajstić information content (AvgIpc) is 2.69. The third kappa shape index (κ3) is 3.48. The van der Waals surface area contributed by atoms with Gasteiger partial charge in [0, 0.05) is 16.0 Å². The van der Waals surface area contributed by atoms with Crippen LogP contribution in [0.4, 0.5) is 8.78 Å². The van der Waals surface area contributed by atoms with Gasteiger partial charge in [-0.15, -0.1) is 0 Å². The van der Waals surface area contributed by atoms with Gasteiger partial charge < -0.3 is 0 Å². The van der Waals surface area contributed by atoms with Gasteiger partial charge in [-0.3, -0.25) is 0 Å². The highest BCUT2D eigenvalue weighted by Crippen LogP contribution is 2.40. The minimum absolute atomic E-state index is 0.265. The van der Waals surface area contributed by atoms with Crippen molar-refractivity contribution in [2.24, 2.45) is 0 Å². The fourth-order valence-corrected chi connectivity index (χ4v) is 5.20. The van der Waals surface area contributed by atoms with E-state index in [4.69, 9.17) is 23.2 Å². The van der Waals surface area contributed by atoms with Crippen molar-refractivity contribution in [3.8, 4) is 11.1 Å². The highest BCUT2D eigenvalue weighted by atomic mass is 35.5. The molecule has 8 heteroatoms. The molecule has 1 aromatic heterocycles. The maximum Gasteiger partial charge on any atom is 0.210 e. The fraction of sp³-hybridized carbons (Fsp3) is 0. The van der Waals surface area contributed by atoms with E-state index in [2.05, 4.69) is 4.98 Å². The van der Waals surface area contributed by atoms with Crippen LogP contribution in [0, 0.1) is 11.6 Å². The van der Waals surface area contributed by atoms with Crippen LogP contribution in [-0.2, 0) is 9.84 Å². The van der Waals surface area contributed by atoms with Gasteiger partial charge in [0.2, 0.25) is 9.84 Å². The number of rotatable bonds is 3. The second-order valence-electron chi connectivity index (χ2n) is 6.21. The average molecular weight is 450 g/mol. The summed E-state index contributed by atoms with van der Waals surface area (Å²) >= 11 is 12.3. The Balaban J connectivity index is 2.11. The van der Waals surface area contributed by atoms with Gasteiger partial charge in [0.05, 0.1) is 10.4 Å². The molecule has 29 heavy (non-hydrogen) atoms. The molecule has 0 N–H and O–H groups in total. The van der Waals surface area contributed by atoms with E-state index in [9.17, 15) is 17.2 Å². The second kappa shape index (κ2) is 7.37. The third-order valence-corrected chi connectivity index (χ3v) is 6.86. The van der Waals surface area contributed by atoms with Crippen LogP contribution < -0.4 is 0 Å². The zero-order valence-electron chi connectivity index (χ0n) is 14.5. The van der Waals surface area contributed by atoms with Crippen molar-refractivity contribution in [3.63, 3.8) is 0 Å². The van der Waals surface area contributed by atoms with Gasteiger partial charge in [0.15, 0.2) is 11.6 Å². The van der Waals surface area contributed by atoms with Crippen molar-refractivity contribution in [2.45, 2.75) is 9.79 Å². The van der Waals surface area contributed by atoms with Crippen LogP contribution in [0.2, 0.25) is 10.2 Å². The predicted octanol–water partition coefficient (Wildman–Crippen LogP) is 6.32. The molecular weight excluding hydrogens is 439 g/mol. The van der Waals surface area contributed by atoms with Crippen LogP contribution in [0.1, 0.15) is 0 Å². The van der Waals surface area contributed by atoms with Crippen molar-refractivity contribution in [1.29, 1.82) is 0 Å². The maximum absolute atomic E-state index is 13.7. The molecule has 0 unspecified atom stereocenters. The van der Waals surface area contributed by atoms with Crippen LogP contribution >= 0.6 is 23.2 Å². The number of sulfone groups is 1. The van der Waals surface area contributed by atoms with Gasteiger partial charge in [-0.2, -0.15) is 0 Å². The Morgan fingerprint density at radius 2 is 1.52 bits per heavy atom. The molecule has 146 valence electrons. The zero-order chi connectivity index (χ0) is 20.8. The number of halogens is 4. The van der Waals surface area contributed by atoms with Crippen LogP contribution in [-0.4, -0.2) is 13.4 Å². The lowest BCUT2D eigenvalue weighted by atomic mass is 10.0. The van der Waals surface area contributed by atoms with Crippen LogP contribution in [0.15, 0.2) is 76.5 Å². The van der Waals surface area contributed by atoms with Crippen LogP contribution in [0.25, 0.3) is 22.0 Å². The zero-order valence-corrected chi connectivity index (χ0v) is 16.9. The molecular formula is C21H11Cl2F2NO2S. The number of para-hydroxylation sites is 1. The summed E-state index contributed by atoms with van der Waals surface area (Å²) in [5.74, 6) is -2.42. The fourth-order valence-electron chi connectivity index (χ4n) is 3.07. The molecule has 0 saturated heterocycles. The van der Waals surface area contributed by atoms with Crippen molar-refractivity contribution in [3.05, 3.63) is 88.5 Å². The minimum Gasteiger partial charge on any atom is -0.235 e. The maximum atomic E-state index is 13.7. The van der Waals surface area contributed by atoms with E-state index in [1.54, 1.807) is 48.5 Å². The summed E-state index contributed by atoms with van der Waals surface area (Å²) in [6, 6.07) is 15.8. The number of pyridine rings is 1. The number of aromatic nitrogens is 1. The summed E-state index contributed by atoms with van der Waals surface area (Å²) in [6.07, 6.45) is 0. The molecule has 0 aliphatic carbocycles. The van der Waals surface area contributed by atoms with Gasteiger partial charge in [0.25, 0.3) is 0 Å². The molecule has 3 nitrogen and oxygen atoms in total. The number of fused-ring (bicyclic) bond motifs is 1. The van der Waals surface area contributed by atoms with E-state index in [0.717, 1.165) is 12.1 Å². The lowest BCUT2D eigenvalue weighted by Crippen LogP contribution is -2.08. The van der Waals surface area contributed by atoms with E-state index in [1.807, 2.05) is 0 Å². The molecule has 0 bridgehead atoms. The highest BCUT2D eigenvalue weighted by Gasteiger charge is 2.29. The van der Waals surface area contributed by atoms with Crippen molar-refractivity contribution in [2.75, 3.05) is 0 Å². The van der Waals surface area contributed by atoms with E-state index in [0.29, 0.717) is 33.1 Å². The Morgan fingerprint density at radius 3 is 2.21 bits per heavy atom. The standard InChI is InChI=1S/C21H11Cl2F2NO2S/c22-13-7-5-12(6-8-13)19-15-3-1-2-4-18(15)26-21(23)20(19)29(27,28)14-9-10-16(24)17(25)11-14/h1-11H. The van der Waals surface area contributed by atoms with Crippen LogP contribution in [0.3, 0.4) is 0 Å². The number of benzene rings is 3. The molecule has 4 aromatic rings. The summed E-state index contributed by atoms with van der Waals surface area (Å²) in [5, 5.41) is 0.752. The Hall–Kier alpha value is -2.54. The number of hydrogen-bond donors (Lipinski definition) is 0. The number of nitrogens with zero attached hydrogens (tertiary/aromatic N) is 1.